The van der Waals surface area contributed by atoms with Gasteiger partial charge in [-0.1, -0.05) is 0 Å². The van der Waals surface area contributed by atoms with E-state index in [2.05, 4.69) is 5.32 Å². The van der Waals surface area contributed by atoms with Crippen LogP contribution in [0.5, 0.6) is 0 Å². The van der Waals surface area contributed by atoms with Gasteiger partial charge in [-0.25, -0.2) is 0 Å². The van der Waals surface area contributed by atoms with Crippen LogP contribution >= 0.6 is 0 Å². The summed E-state index contributed by atoms with van der Waals surface area (Å²) in [6.07, 6.45) is 5.34. The van der Waals surface area contributed by atoms with E-state index in [4.69, 9.17) is 9.84 Å². The van der Waals surface area contributed by atoms with E-state index in [0.717, 1.165) is 39.0 Å². The molecule has 0 bridgehead atoms. The van der Waals surface area contributed by atoms with Gasteiger partial charge >= 0.3 is 0 Å². The maximum absolute atomic E-state index is 9.09. The molecule has 2 unspecified atom stereocenters. The van der Waals surface area contributed by atoms with Gasteiger partial charge in [-0.05, 0) is 45.6 Å². The lowest BCUT2D eigenvalue weighted by Crippen LogP contribution is -2.30. The van der Waals surface area contributed by atoms with E-state index in [0.29, 0.717) is 6.04 Å². The van der Waals surface area contributed by atoms with Crippen molar-refractivity contribution < 1.29 is 9.84 Å². The van der Waals surface area contributed by atoms with Crippen LogP contribution in [0.2, 0.25) is 0 Å². The Morgan fingerprint density at radius 1 is 1.43 bits per heavy atom. The van der Waals surface area contributed by atoms with Gasteiger partial charge in [-0.15, -0.1) is 0 Å². The van der Waals surface area contributed by atoms with E-state index in [-0.39, 0.29) is 6.10 Å². The van der Waals surface area contributed by atoms with Gasteiger partial charge in [0.05, 0.1) is 6.10 Å². The molecular weight excluding hydrogens is 178 g/mol. The normalized spacial score (nSPS) is 25.7. The topological polar surface area (TPSA) is 41.5 Å². The first-order chi connectivity index (χ1) is 6.79. The maximum Gasteiger partial charge on any atom is 0.0512 e. The van der Waals surface area contributed by atoms with E-state index >= 15 is 0 Å². The Hall–Kier alpha value is -0.120. The number of rotatable bonds is 5. The van der Waals surface area contributed by atoms with Crippen LogP contribution in [0.3, 0.4) is 0 Å². The zero-order valence-electron chi connectivity index (χ0n) is 9.17. The molecule has 1 fully saturated rings. The summed E-state index contributed by atoms with van der Waals surface area (Å²) in [5, 5.41) is 12.6. The lowest BCUT2D eigenvalue weighted by Gasteiger charge is -2.15. The first-order valence-electron chi connectivity index (χ1n) is 5.78. The van der Waals surface area contributed by atoms with Crippen LogP contribution in [0.15, 0.2) is 0 Å². The molecule has 0 spiro atoms. The highest BCUT2D eigenvalue weighted by Crippen LogP contribution is 2.08. The minimum atomic E-state index is -0.158. The Bertz CT molecular complexity index is 131. The molecule has 2 N–H and O–H groups in total. The molecule has 84 valence electrons. The molecule has 0 radical (unpaired) electrons. The van der Waals surface area contributed by atoms with E-state index < -0.39 is 0 Å². The van der Waals surface area contributed by atoms with Crippen molar-refractivity contribution in [3.63, 3.8) is 0 Å². The van der Waals surface area contributed by atoms with Crippen LogP contribution in [0.4, 0.5) is 0 Å². The second-order valence-electron chi connectivity index (χ2n) is 4.19. The molecule has 3 nitrogen and oxygen atoms in total. The fraction of sp³-hybridized carbons (Fsp3) is 1.00. The second-order valence-corrected chi connectivity index (χ2v) is 4.19. The van der Waals surface area contributed by atoms with Crippen LogP contribution in [-0.2, 0) is 4.74 Å². The summed E-state index contributed by atoms with van der Waals surface area (Å²) in [4.78, 5) is 0. The van der Waals surface area contributed by atoms with Crippen molar-refractivity contribution in [3.8, 4) is 0 Å². The number of aliphatic hydroxyl groups excluding tert-OH is 1. The fourth-order valence-corrected chi connectivity index (χ4v) is 1.81. The minimum absolute atomic E-state index is 0.158. The lowest BCUT2D eigenvalue weighted by atomic mass is 10.1. The largest absolute Gasteiger partial charge is 0.393 e. The van der Waals surface area contributed by atoms with Gasteiger partial charge in [0.1, 0.15) is 0 Å². The average Bonchev–Trinajstić information content (AvgIpc) is 2.40. The Kier molecular flexibility index (Phi) is 6.15. The maximum atomic E-state index is 9.09. The van der Waals surface area contributed by atoms with E-state index in [9.17, 15) is 0 Å². The first kappa shape index (κ1) is 12.0. The van der Waals surface area contributed by atoms with Gasteiger partial charge in [0.2, 0.25) is 0 Å². The van der Waals surface area contributed by atoms with Gasteiger partial charge in [-0.2, -0.15) is 0 Å². The predicted molar refractivity (Wildman–Crippen MR) is 57.4 cm³/mol. The van der Waals surface area contributed by atoms with Crippen LogP contribution in [0.25, 0.3) is 0 Å². The highest BCUT2D eigenvalue weighted by molar-refractivity contribution is 4.69. The molecule has 0 saturated carbocycles. The molecule has 0 aromatic heterocycles. The summed E-state index contributed by atoms with van der Waals surface area (Å²) in [7, 11) is 0. The molecule has 1 heterocycles. The highest BCUT2D eigenvalue weighted by Gasteiger charge is 2.10. The van der Waals surface area contributed by atoms with E-state index in [1.165, 1.54) is 12.8 Å². The third kappa shape index (κ3) is 5.58. The van der Waals surface area contributed by atoms with Gasteiger partial charge < -0.3 is 15.2 Å². The van der Waals surface area contributed by atoms with Crippen LogP contribution in [0, 0.1) is 0 Å². The van der Waals surface area contributed by atoms with E-state index in [1.807, 2.05) is 6.92 Å². The van der Waals surface area contributed by atoms with Crippen LogP contribution in [0.1, 0.15) is 39.0 Å². The third-order valence-electron chi connectivity index (χ3n) is 2.68. The van der Waals surface area contributed by atoms with Crippen molar-refractivity contribution in [2.45, 2.75) is 51.2 Å². The first-order valence-corrected chi connectivity index (χ1v) is 5.78. The summed E-state index contributed by atoms with van der Waals surface area (Å²) in [6.45, 7) is 4.69. The zero-order valence-corrected chi connectivity index (χ0v) is 9.17. The monoisotopic (exact) mass is 201 g/mol. The molecule has 1 rings (SSSR count). The molecule has 0 aromatic rings. The molecular formula is C11H23NO2. The van der Waals surface area contributed by atoms with Crippen molar-refractivity contribution in [1.29, 1.82) is 0 Å². The lowest BCUT2D eigenvalue weighted by molar-refractivity contribution is 0.142. The summed E-state index contributed by atoms with van der Waals surface area (Å²) in [6, 6.07) is 0.631. The van der Waals surface area contributed by atoms with Crippen LogP contribution in [-0.4, -0.2) is 37.0 Å². The van der Waals surface area contributed by atoms with Crippen molar-refractivity contribution >= 4 is 0 Å². The van der Waals surface area contributed by atoms with Crippen molar-refractivity contribution in [2.75, 3.05) is 19.8 Å². The number of ether oxygens (including phenoxy) is 1. The molecule has 0 amide bonds. The molecule has 3 heteroatoms. The number of aliphatic hydroxyl groups is 1. The van der Waals surface area contributed by atoms with Crippen molar-refractivity contribution in [2.24, 2.45) is 0 Å². The Balaban J connectivity index is 1.99. The van der Waals surface area contributed by atoms with Gasteiger partial charge in [-0.3, -0.25) is 0 Å². The number of nitrogens with one attached hydrogen (secondary N) is 1. The highest BCUT2D eigenvalue weighted by atomic mass is 16.5. The molecule has 1 aliphatic rings. The SMILES string of the molecule is CC(O)CCCNC1CCCOCC1. The molecule has 2 atom stereocenters. The fourth-order valence-electron chi connectivity index (χ4n) is 1.81. The molecule has 1 aliphatic heterocycles. The molecule has 0 aromatic carbocycles. The summed E-state index contributed by atoms with van der Waals surface area (Å²) in [5.41, 5.74) is 0. The summed E-state index contributed by atoms with van der Waals surface area (Å²) < 4.78 is 5.39. The van der Waals surface area contributed by atoms with Crippen molar-refractivity contribution in [3.05, 3.63) is 0 Å². The van der Waals surface area contributed by atoms with Crippen LogP contribution < -0.4 is 5.32 Å². The predicted octanol–water partition coefficient (Wildman–Crippen LogP) is 1.31. The summed E-state index contributed by atoms with van der Waals surface area (Å²) >= 11 is 0. The van der Waals surface area contributed by atoms with Gasteiger partial charge in [0, 0.05) is 19.3 Å². The quantitative estimate of drug-likeness (QED) is 0.659. The zero-order chi connectivity index (χ0) is 10.2. The Morgan fingerprint density at radius 2 is 2.29 bits per heavy atom. The molecule has 1 saturated heterocycles. The Morgan fingerprint density at radius 3 is 3.07 bits per heavy atom. The Labute approximate surface area is 86.8 Å². The smallest absolute Gasteiger partial charge is 0.0512 e. The molecule has 14 heavy (non-hydrogen) atoms. The minimum Gasteiger partial charge on any atom is -0.393 e. The van der Waals surface area contributed by atoms with E-state index in [1.54, 1.807) is 0 Å². The average molecular weight is 201 g/mol. The second kappa shape index (κ2) is 7.21. The standard InChI is InChI=1S/C11H23NO2/c1-10(13)4-2-7-12-11-5-3-8-14-9-6-11/h10-13H,2-9H2,1H3. The number of hydrogen-bond acceptors (Lipinski definition) is 3. The van der Waals surface area contributed by atoms with Gasteiger partial charge in [0.25, 0.3) is 0 Å². The number of hydrogen-bond donors (Lipinski definition) is 2. The summed E-state index contributed by atoms with van der Waals surface area (Å²) in [5.74, 6) is 0. The van der Waals surface area contributed by atoms with Crippen molar-refractivity contribution in [1.82, 2.24) is 5.32 Å². The van der Waals surface area contributed by atoms with Gasteiger partial charge in [0.15, 0.2) is 0 Å². The molecule has 0 aliphatic carbocycles. The third-order valence-corrected chi connectivity index (χ3v) is 2.68.